The van der Waals surface area contributed by atoms with Gasteiger partial charge in [-0.15, -0.1) is 11.6 Å². The normalized spacial score (nSPS) is 12.3. The van der Waals surface area contributed by atoms with Gasteiger partial charge in [0.25, 0.3) is 0 Å². The van der Waals surface area contributed by atoms with Crippen molar-refractivity contribution in [2.45, 2.75) is 25.8 Å². The fourth-order valence-corrected chi connectivity index (χ4v) is 1.48. The lowest BCUT2D eigenvalue weighted by Crippen LogP contribution is -2.31. The molecule has 1 unspecified atom stereocenters. The second-order valence-corrected chi connectivity index (χ2v) is 4.24. The van der Waals surface area contributed by atoms with Crippen molar-refractivity contribution in [3.05, 3.63) is 29.6 Å². The van der Waals surface area contributed by atoms with Crippen molar-refractivity contribution in [3.63, 3.8) is 0 Å². The molecule has 82 valence electrons. The maximum atomic E-state index is 11.5. The monoisotopic (exact) mass is 226 g/mol. The molecule has 0 aliphatic carbocycles. The number of pyridine rings is 1. The van der Waals surface area contributed by atoms with Crippen molar-refractivity contribution in [1.82, 2.24) is 9.88 Å². The number of amides is 1. The lowest BCUT2D eigenvalue weighted by atomic mass is 10.3. The highest BCUT2D eigenvalue weighted by Gasteiger charge is 2.14. The van der Waals surface area contributed by atoms with Crippen LogP contribution in [0, 0.1) is 6.92 Å². The molecule has 0 radical (unpaired) electrons. The molecule has 0 bridgehead atoms. The average Bonchev–Trinajstić information content (AvgIpc) is 2.16. The zero-order chi connectivity index (χ0) is 11.4. The molecule has 1 amide bonds. The topological polar surface area (TPSA) is 33.2 Å². The first-order valence-electron chi connectivity index (χ1n) is 4.82. The number of nitrogens with zero attached hydrogens (tertiary/aromatic N) is 2. The predicted molar refractivity (Wildman–Crippen MR) is 60.8 cm³/mol. The van der Waals surface area contributed by atoms with Gasteiger partial charge in [-0.2, -0.15) is 0 Å². The summed E-state index contributed by atoms with van der Waals surface area (Å²) in [6.45, 7) is 4.09. The maximum Gasteiger partial charge on any atom is 0.240 e. The molecule has 0 fully saturated rings. The molecule has 0 aliphatic heterocycles. The summed E-state index contributed by atoms with van der Waals surface area (Å²) in [6.07, 6.45) is 0. The molecule has 0 aromatic carbocycles. The van der Waals surface area contributed by atoms with E-state index in [9.17, 15) is 4.79 Å². The van der Waals surface area contributed by atoms with Crippen LogP contribution in [0.25, 0.3) is 0 Å². The highest BCUT2D eigenvalue weighted by molar-refractivity contribution is 6.30. The first kappa shape index (κ1) is 12.0. The average molecular weight is 227 g/mol. The minimum atomic E-state index is -0.486. The molecular formula is C11H15ClN2O. The van der Waals surface area contributed by atoms with Crippen LogP contribution in [0.15, 0.2) is 18.2 Å². The summed E-state index contributed by atoms with van der Waals surface area (Å²) < 4.78 is 0. The van der Waals surface area contributed by atoms with E-state index >= 15 is 0 Å². The minimum Gasteiger partial charge on any atom is -0.339 e. The Kier molecular flexibility index (Phi) is 4.09. The van der Waals surface area contributed by atoms with Crippen LogP contribution in [-0.4, -0.2) is 28.2 Å². The van der Waals surface area contributed by atoms with Crippen LogP contribution in [0.2, 0.25) is 0 Å². The molecule has 0 N–H and O–H groups in total. The zero-order valence-corrected chi connectivity index (χ0v) is 9.95. The number of carbonyl (C=O) groups is 1. The van der Waals surface area contributed by atoms with Crippen LogP contribution < -0.4 is 0 Å². The van der Waals surface area contributed by atoms with Gasteiger partial charge in [-0.1, -0.05) is 6.07 Å². The van der Waals surface area contributed by atoms with E-state index in [2.05, 4.69) is 4.98 Å². The van der Waals surface area contributed by atoms with Crippen molar-refractivity contribution in [2.24, 2.45) is 0 Å². The van der Waals surface area contributed by atoms with E-state index in [4.69, 9.17) is 11.6 Å². The Morgan fingerprint density at radius 2 is 2.27 bits per heavy atom. The summed E-state index contributed by atoms with van der Waals surface area (Å²) in [5, 5.41) is -0.486. The molecule has 1 heterocycles. The van der Waals surface area contributed by atoms with E-state index in [-0.39, 0.29) is 5.91 Å². The molecule has 1 aromatic heterocycles. The molecule has 3 nitrogen and oxygen atoms in total. The summed E-state index contributed by atoms with van der Waals surface area (Å²) >= 11 is 5.71. The SMILES string of the molecule is Cc1cccc(CN(C)C(=O)C(C)Cl)n1. The van der Waals surface area contributed by atoms with Crippen LogP contribution in [0.3, 0.4) is 0 Å². The Bertz CT molecular complexity index is 352. The number of aromatic nitrogens is 1. The van der Waals surface area contributed by atoms with Crippen LogP contribution >= 0.6 is 11.6 Å². The molecule has 0 aliphatic rings. The standard InChI is InChI=1S/C11H15ClN2O/c1-8-5-4-6-10(13-8)7-14(3)11(15)9(2)12/h4-6,9H,7H2,1-3H3. The van der Waals surface area contributed by atoms with E-state index in [1.165, 1.54) is 0 Å². The number of aryl methyl sites for hydroxylation is 1. The fraction of sp³-hybridized carbons (Fsp3) is 0.455. The zero-order valence-electron chi connectivity index (χ0n) is 9.20. The molecule has 0 saturated heterocycles. The van der Waals surface area contributed by atoms with Gasteiger partial charge in [0, 0.05) is 12.7 Å². The van der Waals surface area contributed by atoms with E-state index in [1.54, 1.807) is 18.9 Å². The minimum absolute atomic E-state index is 0.0834. The Labute approximate surface area is 95.1 Å². The summed E-state index contributed by atoms with van der Waals surface area (Å²) in [4.78, 5) is 17.4. The van der Waals surface area contributed by atoms with Crippen molar-refractivity contribution in [3.8, 4) is 0 Å². The van der Waals surface area contributed by atoms with Crippen LogP contribution in [0.5, 0.6) is 0 Å². The third-order valence-electron chi connectivity index (χ3n) is 2.06. The van der Waals surface area contributed by atoms with Crippen molar-refractivity contribution >= 4 is 17.5 Å². The van der Waals surface area contributed by atoms with Gasteiger partial charge in [0.1, 0.15) is 5.38 Å². The molecule has 1 aromatic rings. The molecule has 1 atom stereocenters. The molecule has 0 saturated carbocycles. The highest BCUT2D eigenvalue weighted by Crippen LogP contribution is 2.05. The molecule has 4 heteroatoms. The van der Waals surface area contributed by atoms with Gasteiger partial charge >= 0.3 is 0 Å². The van der Waals surface area contributed by atoms with Crippen LogP contribution in [0.4, 0.5) is 0 Å². The highest BCUT2D eigenvalue weighted by atomic mass is 35.5. The van der Waals surface area contributed by atoms with Crippen LogP contribution in [-0.2, 0) is 11.3 Å². The largest absolute Gasteiger partial charge is 0.339 e. The van der Waals surface area contributed by atoms with E-state index in [0.717, 1.165) is 11.4 Å². The summed E-state index contributed by atoms with van der Waals surface area (Å²) in [5.41, 5.74) is 1.83. The molecular weight excluding hydrogens is 212 g/mol. The third kappa shape index (κ3) is 3.51. The second-order valence-electron chi connectivity index (χ2n) is 3.58. The molecule has 1 rings (SSSR count). The first-order valence-corrected chi connectivity index (χ1v) is 5.26. The molecule has 0 spiro atoms. The number of carbonyl (C=O) groups excluding carboxylic acids is 1. The maximum absolute atomic E-state index is 11.5. The smallest absolute Gasteiger partial charge is 0.240 e. The van der Waals surface area contributed by atoms with Gasteiger partial charge in [-0.05, 0) is 26.0 Å². The fourth-order valence-electron chi connectivity index (χ4n) is 1.31. The van der Waals surface area contributed by atoms with Crippen molar-refractivity contribution in [2.75, 3.05) is 7.05 Å². The predicted octanol–water partition coefficient (Wildman–Crippen LogP) is 1.98. The summed E-state index contributed by atoms with van der Waals surface area (Å²) in [5.74, 6) is -0.0834. The second kappa shape index (κ2) is 5.12. The van der Waals surface area contributed by atoms with Crippen molar-refractivity contribution in [1.29, 1.82) is 0 Å². The third-order valence-corrected chi connectivity index (χ3v) is 2.25. The van der Waals surface area contributed by atoms with Crippen LogP contribution in [0.1, 0.15) is 18.3 Å². The lowest BCUT2D eigenvalue weighted by molar-refractivity contribution is -0.129. The Hall–Kier alpha value is -1.09. The van der Waals surface area contributed by atoms with Gasteiger partial charge in [0.15, 0.2) is 0 Å². The number of alkyl halides is 1. The van der Waals surface area contributed by atoms with E-state index in [1.807, 2.05) is 25.1 Å². The van der Waals surface area contributed by atoms with Gasteiger partial charge in [-0.25, -0.2) is 0 Å². The quantitative estimate of drug-likeness (QED) is 0.739. The number of halogens is 1. The first-order chi connectivity index (χ1) is 7.00. The Balaban J connectivity index is 2.66. The van der Waals surface area contributed by atoms with Crippen molar-refractivity contribution < 1.29 is 4.79 Å². The Morgan fingerprint density at radius 1 is 1.60 bits per heavy atom. The summed E-state index contributed by atoms with van der Waals surface area (Å²) in [6, 6.07) is 5.76. The van der Waals surface area contributed by atoms with Gasteiger partial charge in [0.2, 0.25) is 5.91 Å². The van der Waals surface area contributed by atoms with Gasteiger partial charge < -0.3 is 4.90 Å². The number of hydrogen-bond acceptors (Lipinski definition) is 2. The lowest BCUT2D eigenvalue weighted by Gasteiger charge is -2.18. The van der Waals surface area contributed by atoms with Gasteiger partial charge in [-0.3, -0.25) is 9.78 Å². The number of rotatable bonds is 3. The number of hydrogen-bond donors (Lipinski definition) is 0. The molecule has 15 heavy (non-hydrogen) atoms. The Morgan fingerprint density at radius 3 is 2.80 bits per heavy atom. The summed E-state index contributed by atoms with van der Waals surface area (Å²) in [7, 11) is 1.73. The van der Waals surface area contributed by atoms with E-state index < -0.39 is 5.38 Å². The van der Waals surface area contributed by atoms with Gasteiger partial charge in [0.05, 0.1) is 12.2 Å². The van der Waals surface area contributed by atoms with E-state index in [0.29, 0.717) is 6.54 Å².